The van der Waals surface area contributed by atoms with E-state index >= 15 is 0 Å². The normalized spacial score (nSPS) is 11.0. The SMILES string of the molecule is CCNC(=NCCOc1cccc(C)c1)N(C)Cc1cccn1C.I. The molecule has 2 aromatic rings. The average molecular weight is 456 g/mol. The van der Waals surface area contributed by atoms with E-state index in [1.54, 1.807) is 0 Å². The predicted molar refractivity (Wildman–Crippen MR) is 115 cm³/mol. The first kappa shape index (κ1) is 21.3. The molecule has 0 saturated heterocycles. The van der Waals surface area contributed by atoms with Crippen molar-refractivity contribution in [2.75, 3.05) is 26.7 Å². The highest BCUT2D eigenvalue weighted by molar-refractivity contribution is 14.0. The van der Waals surface area contributed by atoms with E-state index in [0.717, 1.165) is 24.8 Å². The molecule has 1 aromatic heterocycles. The molecule has 0 radical (unpaired) electrons. The molecule has 0 unspecified atom stereocenters. The van der Waals surface area contributed by atoms with Gasteiger partial charge in [0.05, 0.1) is 13.1 Å². The molecule has 5 nitrogen and oxygen atoms in total. The van der Waals surface area contributed by atoms with Crippen molar-refractivity contribution in [3.05, 3.63) is 53.9 Å². The fourth-order valence-corrected chi connectivity index (χ4v) is 2.47. The van der Waals surface area contributed by atoms with Gasteiger partial charge in [0.2, 0.25) is 0 Å². The first-order chi connectivity index (χ1) is 11.6. The average Bonchev–Trinajstić information content (AvgIpc) is 2.95. The number of halogens is 1. The Labute approximate surface area is 168 Å². The number of guanidine groups is 1. The van der Waals surface area contributed by atoms with Gasteiger partial charge in [0.1, 0.15) is 12.4 Å². The number of benzene rings is 1. The van der Waals surface area contributed by atoms with Crippen LogP contribution in [0.15, 0.2) is 47.6 Å². The smallest absolute Gasteiger partial charge is 0.194 e. The number of rotatable bonds is 7. The van der Waals surface area contributed by atoms with Crippen LogP contribution in [0, 0.1) is 6.92 Å². The van der Waals surface area contributed by atoms with E-state index in [9.17, 15) is 0 Å². The lowest BCUT2D eigenvalue weighted by Crippen LogP contribution is -2.39. The van der Waals surface area contributed by atoms with Crippen LogP contribution in [0.3, 0.4) is 0 Å². The summed E-state index contributed by atoms with van der Waals surface area (Å²) in [4.78, 5) is 6.79. The van der Waals surface area contributed by atoms with Crippen molar-refractivity contribution >= 4 is 29.9 Å². The molecule has 1 aromatic carbocycles. The summed E-state index contributed by atoms with van der Waals surface area (Å²) in [5.41, 5.74) is 2.45. The summed E-state index contributed by atoms with van der Waals surface area (Å²) in [6, 6.07) is 12.3. The maximum atomic E-state index is 5.76. The Morgan fingerprint density at radius 2 is 2.08 bits per heavy atom. The minimum Gasteiger partial charge on any atom is -0.492 e. The van der Waals surface area contributed by atoms with Crippen LogP contribution in [0.2, 0.25) is 0 Å². The molecule has 0 amide bonds. The van der Waals surface area contributed by atoms with Gasteiger partial charge in [0.15, 0.2) is 5.96 Å². The Kier molecular flexibility index (Phi) is 9.41. The fourth-order valence-electron chi connectivity index (χ4n) is 2.47. The number of aromatic nitrogens is 1. The van der Waals surface area contributed by atoms with Crippen LogP contribution in [0.5, 0.6) is 5.75 Å². The molecule has 0 aliphatic heterocycles. The number of nitrogens with zero attached hydrogens (tertiary/aromatic N) is 3. The van der Waals surface area contributed by atoms with Crippen LogP contribution in [0.1, 0.15) is 18.2 Å². The summed E-state index contributed by atoms with van der Waals surface area (Å²) in [6.07, 6.45) is 2.06. The van der Waals surface area contributed by atoms with Gasteiger partial charge < -0.3 is 19.5 Å². The number of nitrogens with one attached hydrogen (secondary N) is 1. The highest BCUT2D eigenvalue weighted by Crippen LogP contribution is 2.12. The Balaban J connectivity index is 0.00000312. The summed E-state index contributed by atoms with van der Waals surface area (Å²) in [6.45, 7) is 6.98. The van der Waals surface area contributed by atoms with Crippen molar-refractivity contribution < 1.29 is 4.74 Å². The molecule has 6 heteroatoms. The number of ether oxygens (including phenoxy) is 1. The number of aryl methyl sites for hydroxylation is 2. The minimum absolute atomic E-state index is 0. The van der Waals surface area contributed by atoms with Gasteiger partial charge in [-0.15, -0.1) is 24.0 Å². The lowest BCUT2D eigenvalue weighted by atomic mass is 10.2. The van der Waals surface area contributed by atoms with Crippen LogP contribution < -0.4 is 10.1 Å². The molecule has 0 saturated carbocycles. The second-order valence-corrected chi connectivity index (χ2v) is 5.87. The highest BCUT2D eigenvalue weighted by Gasteiger charge is 2.08. The van der Waals surface area contributed by atoms with E-state index in [2.05, 4.69) is 72.1 Å². The molecule has 0 aliphatic rings. The molecular weight excluding hydrogens is 427 g/mol. The molecule has 0 bridgehead atoms. The van der Waals surface area contributed by atoms with Crippen molar-refractivity contribution in [3.8, 4) is 5.75 Å². The van der Waals surface area contributed by atoms with Gasteiger partial charge in [0.25, 0.3) is 0 Å². The second-order valence-electron chi connectivity index (χ2n) is 5.87. The van der Waals surface area contributed by atoms with Gasteiger partial charge in [-0.05, 0) is 43.7 Å². The van der Waals surface area contributed by atoms with E-state index in [1.165, 1.54) is 11.3 Å². The molecule has 0 fully saturated rings. The molecular formula is C19H29IN4O. The number of hydrogen-bond acceptors (Lipinski definition) is 2. The summed E-state index contributed by atoms with van der Waals surface area (Å²) < 4.78 is 7.89. The summed E-state index contributed by atoms with van der Waals surface area (Å²) in [7, 11) is 4.11. The second kappa shape index (κ2) is 11.0. The lowest BCUT2D eigenvalue weighted by Gasteiger charge is -2.22. The Hall–Kier alpha value is -1.70. The quantitative estimate of drug-likeness (QED) is 0.301. The molecule has 138 valence electrons. The molecule has 0 spiro atoms. The lowest BCUT2D eigenvalue weighted by molar-refractivity contribution is 0.327. The van der Waals surface area contributed by atoms with Crippen LogP contribution >= 0.6 is 24.0 Å². The largest absolute Gasteiger partial charge is 0.492 e. The zero-order chi connectivity index (χ0) is 17.4. The Morgan fingerprint density at radius 1 is 1.28 bits per heavy atom. The maximum absolute atomic E-state index is 5.76. The summed E-state index contributed by atoms with van der Waals surface area (Å²) >= 11 is 0. The van der Waals surface area contributed by atoms with Gasteiger partial charge in [0, 0.05) is 32.5 Å². The van der Waals surface area contributed by atoms with Gasteiger partial charge in [-0.3, -0.25) is 0 Å². The summed E-state index contributed by atoms with van der Waals surface area (Å²) in [5.74, 6) is 1.79. The van der Waals surface area contributed by atoms with Gasteiger partial charge in [-0.2, -0.15) is 0 Å². The zero-order valence-electron chi connectivity index (χ0n) is 15.5. The van der Waals surface area contributed by atoms with Gasteiger partial charge in [-0.1, -0.05) is 12.1 Å². The van der Waals surface area contributed by atoms with Crippen molar-refractivity contribution in [3.63, 3.8) is 0 Å². The standard InChI is InChI=1S/C19H28N4O.HI/c1-5-20-19(23(4)15-17-9-7-12-22(17)3)21-11-13-24-18-10-6-8-16(2)14-18;/h6-10,12,14H,5,11,13,15H2,1-4H3,(H,20,21);1H. The Bertz CT molecular complexity index is 669. The Morgan fingerprint density at radius 3 is 2.72 bits per heavy atom. The fraction of sp³-hybridized carbons (Fsp3) is 0.421. The third-order valence-corrected chi connectivity index (χ3v) is 3.76. The first-order valence-electron chi connectivity index (χ1n) is 8.39. The van der Waals surface area contributed by atoms with E-state index in [-0.39, 0.29) is 24.0 Å². The van der Waals surface area contributed by atoms with Crippen LogP contribution in [-0.2, 0) is 13.6 Å². The van der Waals surface area contributed by atoms with Gasteiger partial charge >= 0.3 is 0 Å². The molecule has 2 rings (SSSR count). The molecule has 0 aliphatic carbocycles. The van der Waals surface area contributed by atoms with Crippen LogP contribution in [0.4, 0.5) is 0 Å². The third kappa shape index (κ3) is 6.97. The molecule has 25 heavy (non-hydrogen) atoms. The van der Waals surface area contributed by atoms with Crippen LogP contribution in [0.25, 0.3) is 0 Å². The van der Waals surface area contributed by atoms with Gasteiger partial charge in [-0.25, -0.2) is 4.99 Å². The third-order valence-electron chi connectivity index (χ3n) is 3.76. The maximum Gasteiger partial charge on any atom is 0.194 e. The molecule has 0 atom stereocenters. The first-order valence-corrected chi connectivity index (χ1v) is 8.39. The van der Waals surface area contributed by atoms with Crippen molar-refractivity contribution in [1.29, 1.82) is 0 Å². The number of hydrogen-bond donors (Lipinski definition) is 1. The topological polar surface area (TPSA) is 41.8 Å². The molecule has 1 heterocycles. The van der Waals surface area contributed by atoms with E-state index < -0.39 is 0 Å². The van der Waals surface area contributed by atoms with Crippen LogP contribution in [-0.4, -0.2) is 42.2 Å². The summed E-state index contributed by atoms with van der Waals surface area (Å²) in [5, 5.41) is 3.33. The van der Waals surface area contributed by atoms with E-state index in [4.69, 9.17) is 4.74 Å². The zero-order valence-corrected chi connectivity index (χ0v) is 17.9. The highest BCUT2D eigenvalue weighted by atomic mass is 127. The number of aliphatic imine (C=N–C) groups is 1. The predicted octanol–water partition coefficient (Wildman–Crippen LogP) is 3.43. The van der Waals surface area contributed by atoms with E-state index in [0.29, 0.717) is 13.2 Å². The van der Waals surface area contributed by atoms with E-state index in [1.807, 2.05) is 18.2 Å². The van der Waals surface area contributed by atoms with Crippen molar-refractivity contribution in [2.45, 2.75) is 20.4 Å². The van der Waals surface area contributed by atoms with Crippen molar-refractivity contribution in [1.82, 2.24) is 14.8 Å². The monoisotopic (exact) mass is 456 g/mol. The molecule has 1 N–H and O–H groups in total. The minimum atomic E-state index is 0. The van der Waals surface area contributed by atoms with Crippen molar-refractivity contribution in [2.24, 2.45) is 12.0 Å².